The van der Waals surface area contributed by atoms with E-state index in [4.69, 9.17) is 0 Å². The summed E-state index contributed by atoms with van der Waals surface area (Å²) in [6.07, 6.45) is 3.59. The number of rotatable bonds is 6. The fraction of sp³-hybridized carbons (Fsp3) is 0.370. The highest BCUT2D eigenvalue weighted by molar-refractivity contribution is 6.08. The Morgan fingerprint density at radius 3 is 2.60 bits per heavy atom. The number of amides is 1. The van der Waals surface area contributed by atoms with Crippen LogP contribution in [-0.2, 0) is 18.4 Å². The molecule has 1 saturated heterocycles. The Morgan fingerprint density at radius 1 is 1.11 bits per heavy atom. The number of likely N-dealkylation sites (tertiary alicyclic amines) is 1. The van der Waals surface area contributed by atoms with Gasteiger partial charge in [-0.3, -0.25) is 14.5 Å². The minimum atomic E-state index is -0.548. The van der Waals surface area contributed by atoms with Gasteiger partial charge in [-0.25, -0.2) is 9.07 Å². The Morgan fingerprint density at radius 2 is 1.83 bits per heavy atom. The molecule has 0 bridgehead atoms. The van der Waals surface area contributed by atoms with Crippen molar-refractivity contribution in [2.75, 3.05) is 19.6 Å². The molecular weight excluding hydrogens is 445 g/mol. The molecule has 7 nitrogen and oxygen atoms in total. The van der Waals surface area contributed by atoms with Gasteiger partial charge in [-0.1, -0.05) is 36.4 Å². The Kier molecular flexibility index (Phi) is 6.38. The van der Waals surface area contributed by atoms with Crippen LogP contribution in [0.15, 0.2) is 59.5 Å². The molecule has 0 saturated carbocycles. The second kappa shape index (κ2) is 9.62. The Balaban J connectivity index is 1.26. The molecule has 1 N–H and O–H groups in total. The molecule has 35 heavy (non-hydrogen) atoms. The third kappa shape index (κ3) is 4.46. The molecule has 1 aliphatic rings. The number of nitrogens with one attached hydrogen (secondary N) is 1. The number of carbonyl (C=O) groups excluding carboxylic acids is 1. The van der Waals surface area contributed by atoms with Crippen LogP contribution in [-0.4, -0.2) is 44.8 Å². The minimum Gasteiger partial charge on any atom is -0.354 e. The van der Waals surface area contributed by atoms with E-state index in [0.717, 1.165) is 47.8 Å². The zero-order valence-corrected chi connectivity index (χ0v) is 20.1. The number of aromatic nitrogens is 3. The van der Waals surface area contributed by atoms with Crippen LogP contribution in [0, 0.1) is 11.7 Å². The number of fused-ring (bicyclic) bond motifs is 3. The Labute approximate surface area is 203 Å². The number of carbonyl (C=O) groups is 1. The van der Waals surface area contributed by atoms with Crippen LogP contribution in [0.2, 0.25) is 0 Å². The van der Waals surface area contributed by atoms with Gasteiger partial charge in [0.15, 0.2) is 0 Å². The van der Waals surface area contributed by atoms with Gasteiger partial charge >= 0.3 is 0 Å². The van der Waals surface area contributed by atoms with Gasteiger partial charge in [0, 0.05) is 36.5 Å². The van der Waals surface area contributed by atoms with Crippen molar-refractivity contribution in [3.63, 3.8) is 0 Å². The highest BCUT2D eigenvalue weighted by Gasteiger charge is 2.25. The van der Waals surface area contributed by atoms with Crippen LogP contribution in [0.3, 0.4) is 0 Å². The third-order valence-electron chi connectivity index (χ3n) is 7.20. The first-order valence-electron chi connectivity index (χ1n) is 12.1. The van der Waals surface area contributed by atoms with Crippen LogP contribution < -0.4 is 10.9 Å². The fourth-order valence-electron chi connectivity index (χ4n) is 5.12. The van der Waals surface area contributed by atoms with Gasteiger partial charge in [0.1, 0.15) is 17.4 Å². The van der Waals surface area contributed by atoms with E-state index in [2.05, 4.69) is 15.3 Å². The van der Waals surface area contributed by atoms with Gasteiger partial charge in [-0.2, -0.15) is 5.10 Å². The molecule has 182 valence electrons. The van der Waals surface area contributed by atoms with E-state index >= 15 is 0 Å². The highest BCUT2D eigenvalue weighted by Crippen LogP contribution is 2.29. The van der Waals surface area contributed by atoms with Crippen molar-refractivity contribution in [3.8, 4) is 0 Å². The van der Waals surface area contributed by atoms with Gasteiger partial charge in [-0.15, -0.1) is 0 Å². The van der Waals surface area contributed by atoms with Crippen LogP contribution >= 0.6 is 0 Å². The normalized spacial score (nSPS) is 16.1. The van der Waals surface area contributed by atoms with E-state index < -0.39 is 6.04 Å². The van der Waals surface area contributed by atoms with Crippen LogP contribution in [0.4, 0.5) is 4.39 Å². The molecule has 5 rings (SSSR count). The summed E-state index contributed by atoms with van der Waals surface area (Å²) >= 11 is 0. The smallest absolute Gasteiger partial charge is 0.291 e. The lowest BCUT2D eigenvalue weighted by Gasteiger charge is -2.32. The molecule has 1 aliphatic heterocycles. The molecule has 1 atom stereocenters. The lowest BCUT2D eigenvalue weighted by molar-refractivity contribution is -0.123. The number of para-hydroxylation sites is 1. The molecule has 0 spiro atoms. The van der Waals surface area contributed by atoms with Crippen molar-refractivity contribution in [3.05, 3.63) is 76.5 Å². The number of aryl methyl sites for hydroxylation is 1. The van der Waals surface area contributed by atoms with Gasteiger partial charge in [-0.05, 0) is 50.9 Å². The first kappa shape index (κ1) is 23.2. The highest BCUT2D eigenvalue weighted by atomic mass is 19.1. The zero-order chi connectivity index (χ0) is 24.5. The molecule has 1 fully saturated rings. The number of benzene rings is 2. The number of halogens is 1. The number of hydrogen-bond donors (Lipinski definition) is 1. The quantitative estimate of drug-likeness (QED) is 0.462. The number of nitrogens with zero attached hydrogens (tertiary/aromatic N) is 4. The summed E-state index contributed by atoms with van der Waals surface area (Å²) in [5.74, 6) is 0.102. The lowest BCUT2D eigenvalue weighted by atomic mass is 9.96. The van der Waals surface area contributed by atoms with E-state index in [1.54, 1.807) is 19.3 Å². The van der Waals surface area contributed by atoms with Gasteiger partial charge in [0.2, 0.25) is 5.91 Å². The molecule has 2 aromatic carbocycles. The Bertz CT molecular complexity index is 1430. The van der Waals surface area contributed by atoms with Crippen LogP contribution in [0.25, 0.3) is 21.8 Å². The largest absolute Gasteiger partial charge is 0.354 e. The summed E-state index contributed by atoms with van der Waals surface area (Å²) in [5, 5.41) is 8.96. The monoisotopic (exact) mass is 475 g/mol. The summed E-state index contributed by atoms with van der Waals surface area (Å²) in [4.78, 5) is 28.4. The maximum absolute atomic E-state index is 14.0. The van der Waals surface area contributed by atoms with Gasteiger partial charge in [0.25, 0.3) is 5.56 Å². The van der Waals surface area contributed by atoms with Crippen molar-refractivity contribution < 1.29 is 9.18 Å². The molecule has 4 aromatic rings. The molecular formula is C27H30FN5O2. The average molecular weight is 476 g/mol. The first-order chi connectivity index (χ1) is 16.9. The first-order valence-corrected chi connectivity index (χ1v) is 12.1. The SMILES string of the molecule is C[C@H](C(=O)NCC1CCN(Cc2ccccc2F)CC1)n1c2ccccc2c2cnn(C)c(=O)c21. The van der Waals surface area contributed by atoms with E-state index in [1.807, 2.05) is 47.9 Å². The average Bonchev–Trinajstić information content (AvgIpc) is 3.21. The molecule has 2 aromatic heterocycles. The second-order valence-electron chi connectivity index (χ2n) is 9.45. The summed E-state index contributed by atoms with van der Waals surface area (Å²) in [6.45, 7) is 4.78. The van der Waals surface area contributed by atoms with Crippen LogP contribution in [0.5, 0.6) is 0 Å². The van der Waals surface area contributed by atoms with Crippen LogP contribution in [0.1, 0.15) is 31.4 Å². The summed E-state index contributed by atoms with van der Waals surface area (Å²) in [5.41, 5.74) is 1.84. The van der Waals surface area contributed by atoms with Gasteiger partial charge in [0.05, 0.1) is 11.7 Å². The summed E-state index contributed by atoms with van der Waals surface area (Å²) in [6, 6.07) is 14.1. The predicted octanol–water partition coefficient (Wildman–Crippen LogP) is 3.62. The predicted molar refractivity (Wildman–Crippen MR) is 135 cm³/mol. The minimum absolute atomic E-state index is 0.111. The standard InChI is InChI=1S/C27H30FN5O2/c1-18(33-24-10-6-4-8-21(24)22-16-30-31(2)27(35)25(22)33)26(34)29-15-19-11-13-32(14-12-19)17-20-7-3-5-9-23(20)28/h3-10,16,18-19H,11-15,17H2,1-2H3,(H,29,34)/t18-/m1/s1. The van der Waals surface area contributed by atoms with Crippen molar-refractivity contribution >= 4 is 27.7 Å². The van der Waals surface area contributed by atoms with Gasteiger partial charge < -0.3 is 9.88 Å². The van der Waals surface area contributed by atoms with E-state index in [0.29, 0.717) is 24.5 Å². The lowest BCUT2D eigenvalue weighted by Crippen LogP contribution is -2.40. The molecule has 0 unspecified atom stereocenters. The van der Waals surface area contributed by atoms with E-state index in [-0.39, 0.29) is 17.3 Å². The summed E-state index contributed by atoms with van der Waals surface area (Å²) in [7, 11) is 1.62. The maximum atomic E-state index is 14.0. The number of hydrogen-bond acceptors (Lipinski definition) is 4. The van der Waals surface area contributed by atoms with Crippen molar-refractivity contribution in [1.29, 1.82) is 0 Å². The van der Waals surface area contributed by atoms with E-state index in [9.17, 15) is 14.0 Å². The molecule has 8 heteroatoms. The number of piperidine rings is 1. The maximum Gasteiger partial charge on any atom is 0.291 e. The third-order valence-corrected chi connectivity index (χ3v) is 7.20. The van der Waals surface area contributed by atoms with E-state index in [1.165, 1.54) is 10.7 Å². The topological polar surface area (TPSA) is 72.2 Å². The zero-order valence-electron chi connectivity index (χ0n) is 20.1. The fourth-order valence-corrected chi connectivity index (χ4v) is 5.12. The Hall–Kier alpha value is -3.52. The molecule has 1 amide bonds. The van der Waals surface area contributed by atoms with Crippen molar-refractivity contribution in [2.45, 2.75) is 32.4 Å². The summed E-state index contributed by atoms with van der Waals surface area (Å²) < 4.78 is 17.1. The molecule has 0 aliphatic carbocycles. The molecule has 0 radical (unpaired) electrons. The molecule has 3 heterocycles. The van der Waals surface area contributed by atoms with Crippen molar-refractivity contribution in [1.82, 2.24) is 24.6 Å². The van der Waals surface area contributed by atoms with Crippen molar-refractivity contribution in [2.24, 2.45) is 13.0 Å². The second-order valence-corrected chi connectivity index (χ2v) is 9.45.